The van der Waals surface area contributed by atoms with Crippen LogP contribution in [0.1, 0.15) is 19.4 Å². The van der Waals surface area contributed by atoms with Crippen LogP contribution in [0.5, 0.6) is 0 Å². The van der Waals surface area contributed by atoms with Crippen molar-refractivity contribution in [2.45, 2.75) is 26.3 Å². The fraction of sp³-hybridized carbons (Fsp3) is 0.647. The molecule has 112 valence electrons. The summed E-state index contributed by atoms with van der Waals surface area (Å²) in [5.74, 6) is 0.717. The molecule has 2 rings (SSSR count). The predicted molar refractivity (Wildman–Crippen MR) is 87.4 cm³/mol. The highest BCUT2D eigenvalue weighted by molar-refractivity contribution is 5.53. The van der Waals surface area contributed by atoms with Crippen molar-refractivity contribution in [3.63, 3.8) is 0 Å². The second-order valence-electron chi connectivity index (χ2n) is 6.59. The number of anilines is 1. The number of rotatable bonds is 6. The van der Waals surface area contributed by atoms with Crippen LogP contribution in [0.3, 0.4) is 0 Å². The molecule has 1 aliphatic heterocycles. The van der Waals surface area contributed by atoms with E-state index in [0.717, 1.165) is 19.6 Å². The quantitative estimate of drug-likeness (QED) is 0.861. The predicted octanol–water partition coefficient (Wildman–Crippen LogP) is 2.54. The molecule has 0 bridgehead atoms. The minimum atomic E-state index is 0.618. The second kappa shape index (κ2) is 7.09. The Morgan fingerprint density at radius 1 is 1.20 bits per heavy atom. The summed E-state index contributed by atoms with van der Waals surface area (Å²) in [4.78, 5) is 4.94. The van der Waals surface area contributed by atoms with Crippen LogP contribution in [0.15, 0.2) is 24.3 Å². The van der Waals surface area contributed by atoms with Crippen LogP contribution >= 0.6 is 0 Å². The third kappa shape index (κ3) is 4.22. The van der Waals surface area contributed by atoms with Crippen molar-refractivity contribution in [1.29, 1.82) is 0 Å². The Bertz CT molecular complexity index is 414. The highest BCUT2D eigenvalue weighted by Crippen LogP contribution is 2.24. The first-order valence-corrected chi connectivity index (χ1v) is 7.77. The molecule has 0 spiro atoms. The van der Waals surface area contributed by atoms with Crippen LogP contribution in [0, 0.1) is 5.92 Å². The van der Waals surface area contributed by atoms with Crippen molar-refractivity contribution in [3.8, 4) is 0 Å². The van der Waals surface area contributed by atoms with Gasteiger partial charge in [0.05, 0.1) is 0 Å². The standard InChI is InChI=1S/C17H29N3/c1-14(2)13-20(10-9-19(3)4)16-11-15-7-5-6-8-17(15)18-12-16/h5-8,14,16,18H,9-13H2,1-4H3. The Morgan fingerprint density at radius 2 is 1.95 bits per heavy atom. The normalized spacial score (nSPS) is 18.4. The fourth-order valence-corrected chi connectivity index (χ4v) is 2.90. The molecule has 0 aliphatic carbocycles. The lowest BCUT2D eigenvalue weighted by Gasteiger charge is -2.37. The van der Waals surface area contributed by atoms with Crippen LogP contribution in [-0.2, 0) is 6.42 Å². The van der Waals surface area contributed by atoms with Crippen molar-refractivity contribution in [1.82, 2.24) is 9.80 Å². The van der Waals surface area contributed by atoms with Gasteiger partial charge in [0.1, 0.15) is 0 Å². The van der Waals surface area contributed by atoms with Gasteiger partial charge in [0.15, 0.2) is 0 Å². The van der Waals surface area contributed by atoms with Crippen molar-refractivity contribution in [2.24, 2.45) is 5.92 Å². The zero-order chi connectivity index (χ0) is 14.5. The molecule has 0 fully saturated rings. The number of nitrogens with zero attached hydrogens (tertiary/aromatic N) is 2. The number of hydrogen-bond acceptors (Lipinski definition) is 3. The number of fused-ring (bicyclic) bond motifs is 1. The first kappa shape index (κ1) is 15.3. The summed E-state index contributed by atoms with van der Waals surface area (Å²) >= 11 is 0. The number of hydrogen-bond donors (Lipinski definition) is 1. The summed E-state index contributed by atoms with van der Waals surface area (Å²) in [6.07, 6.45) is 1.17. The molecule has 1 aromatic carbocycles. The zero-order valence-corrected chi connectivity index (χ0v) is 13.4. The van der Waals surface area contributed by atoms with Crippen LogP contribution in [0.4, 0.5) is 5.69 Å². The SMILES string of the molecule is CC(C)CN(CCN(C)C)C1CNc2ccccc2C1. The lowest BCUT2D eigenvalue weighted by atomic mass is 9.97. The maximum atomic E-state index is 3.60. The van der Waals surface area contributed by atoms with Gasteiger partial charge < -0.3 is 10.2 Å². The number of nitrogens with one attached hydrogen (secondary N) is 1. The van der Waals surface area contributed by atoms with E-state index >= 15 is 0 Å². The Morgan fingerprint density at radius 3 is 2.65 bits per heavy atom. The average Bonchev–Trinajstić information content (AvgIpc) is 2.42. The minimum Gasteiger partial charge on any atom is -0.383 e. The van der Waals surface area contributed by atoms with E-state index in [0.29, 0.717) is 12.0 Å². The highest BCUT2D eigenvalue weighted by Gasteiger charge is 2.24. The molecule has 1 atom stereocenters. The smallest absolute Gasteiger partial charge is 0.0373 e. The lowest BCUT2D eigenvalue weighted by molar-refractivity contribution is 0.163. The highest BCUT2D eigenvalue weighted by atomic mass is 15.2. The third-order valence-electron chi connectivity index (χ3n) is 3.95. The summed E-state index contributed by atoms with van der Waals surface area (Å²) in [5, 5.41) is 3.60. The van der Waals surface area contributed by atoms with Crippen molar-refractivity contribution < 1.29 is 0 Å². The summed E-state index contributed by atoms with van der Waals surface area (Å²) in [7, 11) is 4.31. The van der Waals surface area contributed by atoms with Crippen LogP contribution < -0.4 is 5.32 Å². The van der Waals surface area contributed by atoms with Gasteiger partial charge in [-0.15, -0.1) is 0 Å². The van der Waals surface area contributed by atoms with Gasteiger partial charge in [-0.2, -0.15) is 0 Å². The van der Waals surface area contributed by atoms with Gasteiger partial charge in [-0.3, -0.25) is 4.90 Å². The summed E-state index contributed by atoms with van der Waals surface area (Å²) in [6, 6.07) is 9.33. The topological polar surface area (TPSA) is 18.5 Å². The molecule has 1 heterocycles. The molecule has 3 heteroatoms. The van der Waals surface area contributed by atoms with E-state index in [2.05, 4.69) is 67.3 Å². The maximum Gasteiger partial charge on any atom is 0.0373 e. The van der Waals surface area contributed by atoms with Crippen LogP contribution in [0.25, 0.3) is 0 Å². The molecule has 1 aromatic rings. The summed E-state index contributed by atoms with van der Waals surface area (Å²) < 4.78 is 0. The van der Waals surface area contributed by atoms with Gasteiger partial charge >= 0.3 is 0 Å². The van der Waals surface area contributed by atoms with Gasteiger partial charge in [0.25, 0.3) is 0 Å². The van der Waals surface area contributed by atoms with Gasteiger partial charge in [-0.1, -0.05) is 32.0 Å². The minimum absolute atomic E-state index is 0.618. The first-order valence-electron chi connectivity index (χ1n) is 7.77. The van der Waals surface area contributed by atoms with Gasteiger partial charge in [-0.05, 0) is 38.1 Å². The average molecular weight is 275 g/mol. The molecular weight excluding hydrogens is 246 g/mol. The second-order valence-corrected chi connectivity index (χ2v) is 6.59. The number of benzene rings is 1. The van der Waals surface area contributed by atoms with E-state index < -0.39 is 0 Å². The largest absolute Gasteiger partial charge is 0.383 e. The van der Waals surface area contributed by atoms with E-state index in [1.807, 2.05) is 0 Å². The fourth-order valence-electron chi connectivity index (χ4n) is 2.90. The third-order valence-corrected chi connectivity index (χ3v) is 3.95. The zero-order valence-electron chi connectivity index (χ0n) is 13.4. The molecule has 20 heavy (non-hydrogen) atoms. The first-order chi connectivity index (χ1) is 9.56. The molecular formula is C17H29N3. The molecule has 0 amide bonds. The van der Waals surface area contributed by atoms with E-state index in [4.69, 9.17) is 0 Å². The van der Waals surface area contributed by atoms with Crippen LogP contribution in [-0.4, -0.2) is 56.1 Å². The number of para-hydroxylation sites is 1. The van der Waals surface area contributed by atoms with Crippen molar-refractivity contribution >= 4 is 5.69 Å². The Hall–Kier alpha value is -1.06. The summed E-state index contributed by atoms with van der Waals surface area (Å²) in [5.41, 5.74) is 2.78. The van der Waals surface area contributed by atoms with Crippen LogP contribution in [0.2, 0.25) is 0 Å². The summed E-state index contributed by atoms with van der Waals surface area (Å²) in [6.45, 7) is 9.16. The Balaban J connectivity index is 2.02. The van der Waals surface area contributed by atoms with Gasteiger partial charge in [0, 0.05) is 37.9 Å². The maximum absolute atomic E-state index is 3.60. The molecule has 3 nitrogen and oxygen atoms in total. The number of likely N-dealkylation sites (N-methyl/N-ethyl adjacent to an activating group) is 1. The molecule has 1 N–H and O–H groups in total. The van der Waals surface area contributed by atoms with E-state index in [1.165, 1.54) is 24.2 Å². The van der Waals surface area contributed by atoms with Gasteiger partial charge in [0.2, 0.25) is 0 Å². The Labute approximate surface area is 124 Å². The molecule has 0 aromatic heterocycles. The molecule has 1 aliphatic rings. The Kier molecular flexibility index (Phi) is 5.44. The van der Waals surface area contributed by atoms with Crippen molar-refractivity contribution in [2.75, 3.05) is 45.6 Å². The molecule has 0 saturated carbocycles. The van der Waals surface area contributed by atoms with Gasteiger partial charge in [-0.25, -0.2) is 0 Å². The molecule has 0 radical (unpaired) electrons. The van der Waals surface area contributed by atoms with E-state index in [9.17, 15) is 0 Å². The van der Waals surface area contributed by atoms with E-state index in [-0.39, 0.29) is 0 Å². The monoisotopic (exact) mass is 275 g/mol. The lowest BCUT2D eigenvalue weighted by Crippen LogP contribution is -2.47. The van der Waals surface area contributed by atoms with Crippen molar-refractivity contribution in [3.05, 3.63) is 29.8 Å². The van der Waals surface area contributed by atoms with E-state index in [1.54, 1.807) is 0 Å². The molecule has 0 saturated heterocycles. The molecule has 1 unspecified atom stereocenters.